The highest BCUT2D eigenvalue weighted by molar-refractivity contribution is 7.19. The lowest BCUT2D eigenvalue weighted by Gasteiger charge is -2.06. The van der Waals surface area contributed by atoms with Crippen molar-refractivity contribution < 1.29 is 0 Å². The number of thiophene rings is 1. The molecule has 0 aromatic carbocycles. The number of fused-ring (bicyclic) bond motifs is 1. The molecule has 0 unspecified atom stereocenters. The van der Waals surface area contributed by atoms with Crippen molar-refractivity contribution in [2.45, 2.75) is 33.0 Å². The maximum absolute atomic E-state index is 5.92. The van der Waals surface area contributed by atoms with Gasteiger partial charge >= 0.3 is 0 Å². The molecular weight excluding hydrogens is 284 g/mol. The summed E-state index contributed by atoms with van der Waals surface area (Å²) >= 11 is 1.74. The molecule has 0 aliphatic heterocycles. The molecule has 0 fully saturated rings. The Hall–Kier alpha value is -1.99. The minimum Gasteiger partial charge on any atom is -0.364 e. The average Bonchev–Trinajstić information content (AvgIpc) is 3.06. The second-order valence-corrected chi connectivity index (χ2v) is 6.25. The second-order valence-electron chi connectivity index (χ2n) is 5.15. The van der Waals surface area contributed by atoms with Crippen LogP contribution in [0.2, 0.25) is 0 Å². The first-order valence-corrected chi connectivity index (χ1v) is 7.67. The molecule has 3 heterocycles. The van der Waals surface area contributed by atoms with Gasteiger partial charge in [0, 0.05) is 23.3 Å². The lowest BCUT2D eigenvalue weighted by Crippen LogP contribution is -2.17. The fourth-order valence-corrected chi connectivity index (χ4v) is 3.60. The Kier molecular flexibility index (Phi) is 3.85. The fraction of sp³-hybridized carbons (Fsp3) is 0.357. The van der Waals surface area contributed by atoms with Gasteiger partial charge in [0.25, 0.3) is 0 Å². The number of nitrogens with zero attached hydrogens (tertiary/aromatic N) is 4. The summed E-state index contributed by atoms with van der Waals surface area (Å²) in [5.74, 6) is 0. The van der Waals surface area contributed by atoms with Gasteiger partial charge in [-0.15, -0.1) is 16.4 Å². The van der Waals surface area contributed by atoms with E-state index >= 15 is 0 Å². The van der Waals surface area contributed by atoms with Gasteiger partial charge in [0.2, 0.25) is 0 Å². The van der Waals surface area contributed by atoms with Crippen molar-refractivity contribution in [1.29, 1.82) is 0 Å². The Bertz CT molecular complexity index is 731. The monoisotopic (exact) mass is 302 g/mol. The molecule has 0 radical (unpaired) electrons. The van der Waals surface area contributed by atoms with E-state index in [1.54, 1.807) is 23.7 Å². The van der Waals surface area contributed by atoms with Crippen molar-refractivity contribution in [2.24, 2.45) is 5.73 Å². The zero-order chi connectivity index (χ0) is 14.8. The van der Waals surface area contributed by atoms with Crippen LogP contribution in [0.25, 0.3) is 10.2 Å². The molecular formula is C14H18N6S. The van der Waals surface area contributed by atoms with E-state index in [1.165, 1.54) is 10.4 Å². The number of anilines is 1. The number of aryl methyl sites for hydroxylation is 1. The molecule has 21 heavy (non-hydrogen) atoms. The second kappa shape index (κ2) is 5.79. The highest BCUT2D eigenvalue weighted by Crippen LogP contribution is 2.34. The van der Waals surface area contributed by atoms with Gasteiger partial charge in [-0.05, 0) is 31.9 Å². The molecule has 0 bridgehead atoms. The normalized spacial score (nSPS) is 12.7. The van der Waals surface area contributed by atoms with Crippen LogP contribution in [0.5, 0.6) is 0 Å². The van der Waals surface area contributed by atoms with Crippen LogP contribution in [0.15, 0.2) is 24.7 Å². The lowest BCUT2D eigenvalue weighted by atomic mass is 10.1. The maximum Gasteiger partial charge on any atom is 0.109 e. The molecule has 6 nitrogen and oxygen atoms in total. The third kappa shape index (κ3) is 2.88. The van der Waals surface area contributed by atoms with Gasteiger partial charge in [-0.3, -0.25) is 4.68 Å². The van der Waals surface area contributed by atoms with Crippen LogP contribution < -0.4 is 11.1 Å². The number of hydrogen-bond donors (Lipinski definition) is 2. The van der Waals surface area contributed by atoms with Crippen molar-refractivity contribution in [3.05, 3.63) is 35.1 Å². The van der Waals surface area contributed by atoms with Crippen LogP contribution in [-0.4, -0.2) is 26.0 Å². The third-order valence-corrected chi connectivity index (χ3v) is 4.64. The van der Waals surface area contributed by atoms with Crippen molar-refractivity contribution in [1.82, 2.24) is 20.0 Å². The molecule has 0 saturated carbocycles. The number of nitrogens with one attached hydrogen (secondary N) is 1. The first-order valence-electron chi connectivity index (χ1n) is 6.85. The van der Waals surface area contributed by atoms with Gasteiger partial charge in [0.05, 0.1) is 16.6 Å². The molecule has 3 rings (SSSR count). The molecule has 3 N–H and O–H groups in total. The summed E-state index contributed by atoms with van der Waals surface area (Å²) < 4.78 is 2.96. The van der Waals surface area contributed by atoms with Gasteiger partial charge in [-0.1, -0.05) is 0 Å². The predicted molar refractivity (Wildman–Crippen MR) is 85.4 cm³/mol. The Morgan fingerprint density at radius 1 is 1.48 bits per heavy atom. The number of aromatic nitrogens is 4. The first-order chi connectivity index (χ1) is 10.1. The van der Waals surface area contributed by atoms with Crippen molar-refractivity contribution in [3.8, 4) is 0 Å². The Labute approximate surface area is 127 Å². The molecule has 0 amide bonds. The van der Waals surface area contributed by atoms with E-state index in [9.17, 15) is 0 Å². The fourth-order valence-electron chi connectivity index (χ4n) is 2.23. The van der Waals surface area contributed by atoms with Gasteiger partial charge in [0.15, 0.2) is 0 Å². The Morgan fingerprint density at radius 3 is 3.05 bits per heavy atom. The Morgan fingerprint density at radius 2 is 2.33 bits per heavy atom. The van der Waals surface area contributed by atoms with Crippen molar-refractivity contribution in [2.75, 3.05) is 5.32 Å². The summed E-state index contributed by atoms with van der Waals surface area (Å²) in [6, 6.07) is 2.04. The van der Waals surface area contributed by atoms with Crippen LogP contribution >= 0.6 is 11.3 Å². The molecule has 3 aromatic heterocycles. The van der Waals surface area contributed by atoms with E-state index in [1.807, 2.05) is 23.9 Å². The minimum absolute atomic E-state index is 0.144. The summed E-state index contributed by atoms with van der Waals surface area (Å²) in [6.45, 7) is 4.71. The van der Waals surface area contributed by atoms with E-state index in [2.05, 4.69) is 27.5 Å². The van der Waals surface area contributed by atoms with Crippen LogP contribution in [0.1, 0.15) is 17.4 Å². The number of nitrogens with two attached hydrogens (primary N) is 1. The van der Waals surface area contributed by atoms with Crippen LogP contribution in [0, 0.1) is 6.92 Å². The van der Waals surface area contributed by atoms with E-state index in [4.69, 9.17) is 5.73 Å². The van der Waals surface area contributed by atoms with Gasteiger partial charge in [-0.25, -0.2) is 0 Å². The predicted octanol–water partition coefficient (Wildman–Crippen LogP) is 2.16. The zero-order valence-corrected chi connectivity index (χ0v) is 12.9. The SMILES string of the molecule is Cc1c(C[C@H](C)N)sc2c(NCn3cccn3)cnnc12. The van der Waals surface area contributed by atoms with E-state index in [0.717, 1.165) is 22.3 Å². The van der Waals surface area contributed by atoms with Gasteiger partial charge in [-0.2, -0.15) is 10.2 Å². The zero-order valence-electron chi connectivity index (χ0n) is 12.1. The average molecular weight is 302 g/mol. The standard InChI is InChI=1S/C14H18N6S/c1-9(15)6-12-10(2)13-14(21-12)11(7-17-19-13)16-8-20-5-3-4-18-20/h3-5,7,9H,6,8,15H2,1-2H3,(H,16,19)/t9-/m0/s1. The topological polar surface area (TPSA) is 81.6 Å². The van der Waals surface area contributed by atoms with E-state index < -0.39 is 0 Å². The minimum atomic E-state index is 0.144. The van der Waals surface area contributed by atoms with Crippen LogP contribution in [0.4, 0.5) is 5.69 Å². The van der Waals surface area contributed by atoms with E-state index in [-0.39, 0.29) is 6.04 Å². The molecule has 1 atom stereocenters. The van der Waals surface area contributed by atoms with Crippen LogP contribution in [-0.2, 0) is 13.1 Å². The van der Waals surface area contributed by atoms with Crippen molar-refractivity contribution >= 4 is 27.2 Å². The third-order valence-electron chi connectivity index (χ3n) is 3.30. The highest BCUT2D eigenvalue weighted by atomic mass is 32.1. The van der Waals surface area contributed by atoms with Gasteiger partial charge < -0.3 is 11.1 Å². The molecule has 0 aliphatic carbocycles. The van der Waals surface area contributed by atoms with Crippen LogP contribution in [0.3, 0.4) is 0 Å². The molecule has 110 valence electrons. The molecule has 0 aliphatic rings. The molecule has 7 heteroatoms. The Balaban J connectivity index is 1.91. The first kappa shape index (κ1) is 14.0. The highest BCUT2D eigenvalue weighted by Gasteiger charge is 2.14. The number of rotatable bonds is 5. The summed E-state index contributed by atoms with van der Waals surface area (Å²) in [5.41, 5.74) is 9.05. The van der Waals surface area contributed by atoms with E-state index in [0.29, 0.717) is 6.67 Å². The lowest BCUT2D eigenvalue weighted by molar-refractivity contribution is 0.670. The van der Waals surface area contributed by atoms with Gasteiger partial charge in [0.1, 0.15) is 12.2 Å². The van der Waals surface area contributed by atoms with Crippen molar-refractivity contribution in [3.63, 3.8) is 0 Å². The molecule has 0 saturated heterocycles. The smallest absolute Gasteiger partial charge is 0.109 e. The quantitative estimate of drug-likeness (QED) is 0.754. The summed E-state index contributed by atoms with van der Waals surface area (Å²) in [6.07, 6.45) is 6.31. The summed E-state index contributed by atoms with van der Waals surface area (Å²) in [5, 5.41) is 15.9. The summed E-state index contributed by atoms with van der Waals surface area (Å²) in [7, 11) is 0. The molecule has 3 aromatic rings. The molecule has 0 spiro atoms. The maximum atomic E-state index is 5.92. The largest absolute Gasteiger partial charge is 0.364 e. The number of hydrogen-bond acceptors (Lipinski definition) is 6. The summed E-state index contributed by atoms with van der Waals surface area (Å²) in [4.78, 5) is 1.28.